The monoisotopic (exact) mass is 431 g/mol. The van der Waals surface area contributed by atoms with Gasteiger partial charge in [0, 0.05) is 26.2 Å². The summed E-state index contributed by atoms with van der Waals surface area (Å²) in [5, 5.41) is 3.32. The number of amides is 2. The van der Waals surface area contributed by atoms with Crippen molar-refractivity contribution in [3.8, 4) is 5.75 Å². The highest BCUT2D eigenvalue weighted by molar-refractivity contribution is 5.74. The Labute approximate surface area is 188 Å². The molecule has 31 heavy (non-hydrogen) atoms. The van der Waals surface area contributed by atoms with Gasteiger partial charge in [-0.05, 0) is 68.3 Å². The van der Waals surface area contributed by atoms with Crippen molar-refractivity contribution in [2.24, 2.45) is 11.8 Å². The quantitative estimate of drug-likeness (QED) is 0.633. The average Bonchev–Trinajstić information content (AvgIpc) is 2.80. The summed E-state index contributed by atoms with van der Waals surface area (Å²) in [4.78, 5) is 18.1. The molecule has 0 spiro atoms. The number of carbonyl (C=O) groups excluding carboxylic acids is 1. The van der Waals surface area contributed by atoms with Crippen LogP contribution >= 0.6 is 0 Å². The molecular formula is C25H41N3O3. The Morgan fingerprint density at radius 2 is 1.87 bits per heavy atom. The highest BCUT2D eigenvalue weighted by atomic mass is 16.5. The van der Waals surface area contributed by atoms with Crippen LogP contribution in [0.2, 0.25) is 0 Å². The second-order valence-corrected chi connectivity index (χ2v) is 9.38. The second kappa shape index (κ2) is 11.7. The number of fused-ring (bicyclic) bond motifs is 1. The van der Waals surface area contributed by atoms with Gasteiger partial charge in [0.1, 0.15) is 5.75 Å². The molecule has 2 fully saturated rings. The van der Waals surface area contributed by atoms with Crippen molar-refractivity contribution in [3.05, 3.63) is 29.8 Å². The number of ether oxygens (including phenoxy) is 2. The van der Waals surface area contributed by atoms with Gasteiger partial charge in [-0.25, -0.2) is 4.79 Å². The maximum Gasteiger partial charge on any atom is 0.317 e. The molecule has 0 saturated carbocycles. The lowest BCUT2D eigenvalue weighted by Crippen LogP contribution is -2.53. The first-order valence-corrected chi connectivity index (χ1v) is 12.0. The fourth-order valence-electron chi connectivity index (χ4n) is 5.22. The van der Waals surface area contributed by atoms with Gasteiger partial charge in [0.15, 0.2) is 0 Å². The van der Waals surface area contributed by atoms with E-state index in [1.54, 1.807) is 14.2 Å². The van der Waals surface area contributed by atoms with E-state index in [2.05, 4.69) is 24.1 Å². The summed E-state index contributed by atoms with van der Waals surface area (Å²) < 4.78 is 10.6. The molecule has 2 aliphatic rings. The Morgan fingerprint density at radius 1 is 1.13 bits per heavy atom. The van der Waals surface area contributed by atoms with Gasteiger partial charge in [0.05, 0.1) is 19.8 Å². The molecule has 2 heterocycles. The zero-order valence-corrected chi connectivity index (χ0v) is 19.8. The van der Waals surface area contributed by atoms with Crippen molar-refractivity contribution in [3.63, 3.8) is 0 Å². The van der Waals surface area contributed by atoms with Crippen LogP contribution in [-0.2, 0) is 4.74 Å². The maximum absolute atomic E-state index is 13.4. The molecule has 3 atom stereocenters. The fourth-order valence-corrected chi connectivity index (χ4v) is 5.22. The lowest BCUT2D eigenvalue weighted by atomic mass is 9.83. The zero-order chi connectivity index (χ0) is 22.2. The molecular weight excluding hydrogens is 390 g/mol. The molecule has 0 aliphatic carbocycles. The third kappa shape index (κ3) is 6.36. The van der Waals surface area contributed by atoms with Crippen LogP contribution in [0.15, 0.2) is 24.3 Å². The minimum atomic E-state index is -0.0408. The smallest absolute Gasteiger partial charge is 0.317 e. The molecule has 3 rings (SSSR count). The number of benzene rings is 1. The van der Waals surface area contributed by atoms with Crippen molar-refractivity contribution in [1.82, 2.24) is 15.1 Å². The molecule has 1 N–H and O–H groups in total. The van der Waals surface area contributed by atoms with E-state index in [9.17, 15) is 4.79 Å². The number of nitrogens with zero attached hydrogens (tertiary/aromatic N) is 2. The number of rotatable bonds is 9. The molecule has 0 bridgehead atoms. The van der Waals surface area contributed by atoms with Crippen LogP contribution in [0.5, 0.6) is 5.75 Å². The summed E-state index contributed by atoms with van der Waals surface area (Å²) in [7, 11) is 3.37. The van der Waals surface area contributed by atoms with E-state index in [0.29, 0.717) is 25.1 Å². The number of nitrogens with one attached hydrogen (secondary N) is 1. The average molecular weight is 432 g/mol. The summed E-state index contributed by atoms with van der Waals surface area (Å²) in [6, 6.07) is 8.61. The molecule has 2 saturated heterocycles. The van der Waals surface area contributed by atoms with Crippen LogP contribution in [0.25, 0.3) is 0 Å². The lowest BCUT2D eigenvalue weighted by Gasteiger charge is -2.45. The van der Waals surface area contributed by atoms with E-state index in [1.165, 1.54) is 45.2 Å². The Morgan fingerprint density at radius 3 is 2.55 bits per heavy atom. The molecule has 1 aromatic rings. The standard InChI is InChI=1S/C25H41N3O3/c1-19(2)24(20-10-12-22(31-4)13-11-20)26-25(29)28(16-17-30-3)18-21-8-7-15-27-14-6-5-9-23(21)27/h10-13,19,21,23-24H,5-9,14-18H2,1-4H3,(H,26,29)/t21-,23+,24+/m0/s1. The highest BCUT2D eigenvalue weighted by Crippen LogP contribution is 2.32. The maximum atomic E-state index is 13.4. The summed E-state index contributed by atoms with van der Waals surface area (Å²) in [6.07, 6.45) is 6.35. The van der Waals surface area contributed by atoms with Gasteiger partial charge in [-0.2, -0.15) is 0 Å². The predicted molar refractivity (Wildman–Crippen MR) is 124 cm³/mol. The fraction of sp³-hybridized carbons (Fsp3) is 0.720. The number of hydrogen-bond donors (Lipinski definition) is 1. The number of hydrogen-bond acceptors (Lipinski definition) is 4. The summed E-state index contributed by atoms with van der Waals surface area (Å²) >= 11 is 0. The number of piperidine rings is 2. The van der Waals surface area contributed by atoms with E-state index < -0.39 is 0 Å². The van der Waals surface area contributed by atoms with Gasteiger partial charge in [0.25, 0.3) is 0 Å². The van der Waals surface area contributed by atoms with Gasteiger partial charge in [-0.15, -0.1) is 0 Å². The predicted octanol–water partition coefficient (Wildman–Crippen LogP) is 4.31. The number of methoxy groups -OCH3 is 2. The van der Waals surface area contributed by atoms with Crippen LogP contribution in [0.1, 0.15) is 57.6 Å². The van der Waals surface area contributed by atoms with Crippen LogP contribution in [0.3, 0.4) is 0 Å². The molecule has 2 aliphatic heterocycles. The van der Waals surface area contributed by atoms with E-state index in [1.807, 2.05) is 29.2 Å². The minimum Gasteiger partial charge on any atom is -0.497 e. The van der Waals surface area contributed by atoms with Gasteiger partial charge in [-0.3, -0.25) is 0 Å². The van der Waals surface area contributed by atoms with Crippen LogP contribution in [0, 0.1) is 11.8 Å². The van der Waals surface area contributed by atoms with E-state index in [0.717, 1.165) is 17.9 Å². The SMILES string of the molecule is COCCN(C[C@@H]1CCCN2CCCC[C@H]12)C(=O)N[C@@H](c1ccc(OC)cc1)C(C)C. The highest BCUT2D eigenvalue weighted by Gasteiger charge is 2.35. The summed E-state index contributed by atoms with van der Waals surface area (Å²) in [6.45, 7) is 8.73. The lowest BCUT2D eigenvalue weighted by molar-refractivity contribution is 0.0417. The molecule has 6 nitrogen and oxygen atoms in total. The summed E-state index contributed by atoms with van der Waals surface area (Å²) in [5.41, 5.74) is 1.10. The summed E-state index contributed by atoms with van der Waals surface area (Å²) in [5.74, 6) is 1.66. The molecule has 1 aromatic carbocycles. The molecule has 2 amide bonds. The molecule has 0 unspecified atom stereocenters. The largest absolute Gasteiger partial charge is 0.497 e. The topological polar surface area (TPSA) is 54.0 Å². The normalized spacial score (nSPS) is 22.6. The number of urea groups is 1. The molecule has 6 heteroatoms. The van der Waals surface area contributed by atoms with Gasteiger partial charge < -0.3 is 24.6 Å². The Balaban J connectivity index is 1.69. The van der Waals surface area contributed by atoms with Crippen molar-refractivity contribution < 1.29 is 14.3 Å². The molecule has 0 radical (unpaired) electrons. The van der Waals surface area contributed by atoms with Gasteiger partial charge in [-0.1, -0.05) is 32.4 Å². The second-order valence-electron chi connectivity index (χ2n) is 9.38. The molecule has 0 aromatic heterocycles. The number of carbonyl (C=O) groups is 1. The Kier molecular flexibility index (Phi) is 9.02. The van der Waals surface area contributed by atoms with Crippen molar-refractivity contribution in [1.29, 1.82) is 0 Å². The third-order valence-corrected chi connectivity index (χ3v) is 6.96. The van der Waals surface area contributed by atoms with Crippen molar-refractivity contribution >= 4 is 6.03 Å². The van der Waals surface area contributed by atoms with Crippen molar-refractivity contribution in [2.75, 3.05) is 47.0 Å². The van der Waals surface area contributed by atoms with E-state index >= 15 is 0 Å². The zero-order valence-electron chi connectivity index (χ0n) is 19.8. The first-order chi connectivity index (χ1) is 15.0. The third-order valence-electron chi connectivity index (χ3n) is 6.96. The van der Waals surface area contributed by atoms with Crippen LogP contribution < -0.4 is 10.1 Å². The van der Waals surface area contributed by atoms with Crippen LogP contribution in [-0.4, -0.2) is 68.9 Å². The van der Waals surface area contributed by atoms with Gasteiger partial charge in [0.2, 0.25) is 0 Å². The molecule has 174 valence electrons. The first kappa shape index (κ1) is 23.9. The van der Waals surface area contributed by atoms with E-state index in [-0.39, 0.29) is 18.0 Å². The van der Waals surface area contributed by atoms with Gasteiger partial charge >= 0.3 is 6.03 Å². The first-order valence-electron chi connectivity index (χ1n) is 12.0. The Hall–Kier alpha value is -1.79. The van der Waals surface area contributed by atoms with Crippen molar-refractivity contribution in [2.45, 2.75) is 58.0 Å². The Bertz CT molecular complexity index is 677. The van der Waals surface area contributed by atoms with E-state index in [4.69, 9.17) is 9.47 Å². The minimum absolute atomic E-state index is 0.0134. The van der Waals surface area contributed by atoms with Crippen LogP contribution in [0.4, 0.5) is 4.79 Å².